The Hall–Kier alpha value is 0.700. The number of thiol groups is 2. The minimum atomic E-state index is 0.723. The van der Waals surface area contributed by atoms with Gasteiger partial charge in [-0.15, -0.1) is 0 Å². The van der Waals surface area contributed by atoms with Crippen LogP contribution < -0.4 is 0 Å². The maximum absolute atomic E-state index is 4.29. The highest BCUT2D eigenvalue weighted by molar-refractivity contribution is 7.80. The Kier molecular flexibility index (Phi) is 8.79. The highest BCUT2D eigenvalue weighted by atomic mass is 32.1. The molecule has 0 heterocycles. The molecule has 0 rings (SSSR count). The van der Waals surface area contributed by atoms with Crippen LogP contribution in [0.2, 0.25) is 0 Å². The van der Waals surface area contributed by atoms with Gasteiger partial charge in [-0.3, -0.25) is 0 Å². The van der Waals surface area contributed by atoms with E-state index in [1.54, 1.807) is 0 Å². The third-order valence-corrected chi connectivity index (χ3v) is 3.43. The first kappa shape index (κ1) is 12.7. The minimum absolute atomic E-state index is 0.723. The third-order valence-electron chi connectivity index (χ3n) is 2.29. The van der Waals surface area contributed by atoms with Gasteiger partial charge in [0.05, 0.1) is 0 Å². The van der Waals surface area contributed by atoms with Gasteiger partial charge < -0.3 is 0 Å². The van der Waals surface area contributed by atoms with Crippen LogP contribution in [0.15, 0.2) is 0 Å². The molecule has 2 unspecified atom stereocenters. The standard InChI is InChI=1S/C10H21S2/c1-3-10(8-12)6-4-5-9(2)7-11/h9-12H,1,3-8H2,2H3. The van der Waals surface area contributed by atoms with E-state index in [4.69, 9.17) is 0 Å². The van der Waals surface area contributed by atoms with E-state index in [0.717, 1.165) is 29.8 Å². The van der Waals surface area contributed by atoms with E-state index in [0.29, 0.717) is 0 Å². The van der Waals surface area contributed by atoms with Gasteiger partial charge in [-0.05, 0) is 42.6 Å². The summed E-state index contributed by atoms with van der Waals surface area (Å²) in [6, 6.07) is 0. The maximum Gasteiger partial charge on any atom is -0.00695 e. The summed E-state index contributed by atoms with van der Waals surface area (Å²) >= 11 is 8.55. The average molecular weight is 205 g/mol. The van der Waals surface area contributed by atoms with Crippen LogP contribution in [-0.4, -0.2) is 11.5 Å². The Morgan fingerprint density at radius 1 is 1.17 bits per heavy atom. The van der Waals surface area contributed by atoms with E-state index in [1.165, 1.54) is 19.3 Å². The predicted octanol–water partition coefficient (Wildman–Crippen LogP) is 3.49. The molecule has 0 N–H and O–H groups in total. The molecule has 0 saturated heterocycles. The Morgan fingerprint density at radius 3 is 2.25 bits per heavy atom. The van der Waals surface area contributed by atoms with Crippen LogP contribution in [0.3, 0.4) is 0 Å². The van der Waals surface area contributed by atoms with Crippen molar-refractivity contribution in [2.24, 2.45) is 11.8 Å². The lowest BCUT2D eigenvalue weighted by Gasteiger charge is -2.12. The van der Waals surface area contributed by atoms with Crippen molar-refractivity contribution in [1.82, 2.24) is 0 Å². The second kappa shape index (κ2) is 8.31. The Labute approximate surface area is 88.3 Å². The molecule has 0 aliphatic rings. The summed E-state index contributed by atoms with van der Waals surface area (Å²) in [4.78, 5) is 0. The van der Waals surface area contributed by atoms with Gasteiger partial charge >= 0.3 is 0 Å². The monoisotopic (exact) mass is 205 g/mol. The topological polar surface area (TPSA) is 0 Å². The molecular formula is C10H21S2. The normalized spacial score (nSPS) is 16.0. The van der Waals surface area contributed by atoms with E-state index < -0.39 is 0 Å². The van der Waals surface area contributed by atoms with Crippen LogP contribution in [0, 0.1) is 18.8 Å². The van der Waals surface area contributed by atoms with Gasteiger partial charge in [-0.25, -0.2) is 0 Å². The molecule has 0 aromatic carbocycles. The van der Waals surface area contributed by atoms with Crippen molar-refractivity contribution < 1.29 is 0 Å². The van der Waals surface area contributed by atoms with E-state index >= 15 is 0 Å². The van der Waals surface area contributed by atoms with Crippen LogP contribution >= 0.6 is 25.3 Å². The summed E-state index contributed by atoms with van der Waals surface area (Å²) in [5.74, 6) is 3.48. The number of rotatable bonds is 7. The SMILES string of the molecule is [CH2]CC(CS)CCCC(C)CS. The molecular weight excluding hydrogens is 184 g/mol. The fraction of sp³-hybridized carbons (Fsp3) is 0.900. The van der Waals surface area contributed by atoms with Gasteiger partial charge in [0.25, 0.3) is 0 Å². The van der Waals surface area contributed by atoms with Gasteiger partial charge in [0, 0.05) is 0 Å². The van der Waals surface area contributed by atoms with E-state index in [1.807, 2.05) is 0 Å². The van der Waals surface area contributed by atoms with Crippen LogP contribution in [0.4, 0.5) is 0 Å². The molecule has 2 heteroatoms. The molecule has 0 nitrogen and oxygen atoms in total. The Bertz CT molecular complexity index is 89.8. The van der Waals surface area contributed by atoms with E-state index in [9.17, 15) is 0 Å². The van der Waals surface area contributed by atoms with Crippen molar-refractivity contribution in [3.8, 4) is 0 Å². The highest BCUT2D eigenvalue weighted by Crippen LogP contribution is 2.16. The van der Waals surface area contributed by atoms with Crippen molar-refractivity contribution >= 4 is 25.3 Å². The van der Waals surface area contributed by atoms with Gasteiger partial charge in [-0.1, -0.05) is 20.3 Å². The van der Waals surface area contributed by atoms with Gasteiger partial charge in [-0.2, -0.15) is 25.3 Å². The molecule has 1 radical (unpaired) electrons. The van der Waals surface area contributed by atoms with Crippen LogP contribution in [-0.2, 0) is 0 Å². The molecule has 0 aromatic rings. The van der Waals surface area contributed by atoms with Crippen molar-refractivity contribution in [3.63, 3.8) is 0 Å². The van der Waals surface area contributed by atoms with Crippen molar-refractivity contribution in [2.45, 2.75) is 32.6 Å². The fourth-order valence-corrected chi connectivity index (χ4v) is 1.72. The van der Waals surface area contributed by atoms with Crippen molar-refractivity contribution in [3.05, 3.63) is 6.92 Å². The van der Waals surface area contributed by atoms with Crippen LogP contribution in [0.25, 0.3) is 0 Å². The lowest BCUT2D eigenvalue weighted by atomic mass is 9.98. The van der Waals surface area contributed by atoms with Crippen molar-refractivity contribution in [1.29, 1.82) is 0 Å². The highest BCUT2D eigenvalue weighted by Gasteiger charge is 2.05. The lowest BCUT2D eigenvalue weighted by Crippen LogP contribution is -2.03. The fourth-order valence-electron chi connectivity index (χ4n) is 1.17. The molecule has 0 aromatic heterocycles. The van der Waals surface area contributed by atoms with Crippen LogP contribution in [0.1, 0.15) is 32.6 Å². The summed E-state index contributed by atoms with van der Waals surface area (Å²) in [5, 5.41) is 0. The number of hydrogen-bond donors (Lipinski definition) is 2. The summed E-state index contributed by atoms with van der Waals surface area (Å²) < 4.78 is 0. The molecule has 0 aliphatic heterocycles. The largest absolute Gasteiger partial charge is 0.179 e. The molecule has 0 saturated carbocycles. The molecule has 0 fully saturated rings. The summed E-state index contributed by atoms with van der Waals surface area (Å²) in [7, 11) is 0. The smallest absolute Gasteiger partial charge is 0.00695 e. The van der Waals surface area contributed by atoms with Crippen molar-refractivity contribution in [2.75, 3.05) is 11.5 Å². The zero-order valence-electron chi connectivity index (χ0n) is 8.00. The summed E-state index contributed by atoms with van der Waals surface area (Å²) in [6.45, 7) is 6.17. The quantitative estimate of drug-likeness (QED) is 0.584. The molecule has 0 aliphatic carbocycles. The molecule has 0 amide bonds. The molecule has 12 heavy (non-hydrogen) atoms. The zero-order chi connectivity index (χ0) is 9.40. The number of hydrogen-bond acceptors (Lipinski definition) is 2. The van der Waals surface area contributed by atoms with E-state index in [-0.39, 0.29) is 0 Å². The first-order chi connectivity index (χ1) is 5.74. The zero-order valence-corrected chi connectivity index (χ0v) is 9.79. The Balaban J connectivity index is 3.28. The van der Waals surface area contributed by atoms with Gasteiger partial charge in [0.15, 0.2) is 0 Å². The molecule has 0 bridgehead atoms. The first-order valence-electron chi connectivity index (χ1n) is 4.75. The second-order valence-corrected chi connectivity index (χ2v) is 4.29. The van der Waals surface area contributed by atoms with Crippen LogP contribution in [0.5, 0.6) is 0 Å². The van der Waals surface area contributed by atoms with E-state index in [2.05, 4.69) is 39.1 Å². The summed E-state index contributed by atoms with van der Waals surface area (Å²) in [6.07, 6.45) is 4.92. The lowest BCUT2D eigenvalue weighted by molar-refractivity contribution is 0.468. The molecule has 0 spiro atoms. The predicted molar refractivity (Wildman–Crippen MR) is 64.2 cm³/mol. The Morgan fingerprint density at radius 2 is 1.83 bits per heavy atom. The molecule has 73 valence electrons. The minimum Gasteiger partial charge on any atom is -0.179 e. The first-order valence-corrected chi connectivity index (χ1v) is 6.02. The average Bonchev–Trinajstić information content (AvgIpc) is 2.12. The third kappa shape index (κ3) is 6.24. The van der Waals surface area contributed by atoms with Gasteiger partial charge in [0.1, 0.15) is 0 Å². The maximum atomic E-state index is 4.29. The van der Waals surface area contributed by atoms with Gasteiger partial charge in [0.2, 0.25) is 0 Å². The molecule has 2 atom stereocenters. The summed E-state index contributed by atoms with van der Waals surface area (Å²) in [5.41, 5.74) is 0. The second-order valence-electron chi connectivity index (χ2n) is 3.56.